The van der Waals surface area contributed by atoms with Crippen LogP contribution in [0.1, 0.15) is 20.8 Å². The molecule has 0 radical (unpaired) electrons. The van der Waals surface area contributed by atoms with Gasteiger partial charge in [0.2, 0.25) is 11.8 Å². The van der Waals surface area contributed by atoms with Crippen LogP contribution in [0.4, 0.5) is 11.4 Å². The highest BCUT2D eigenvalue weighted by atomic mass is 16.2. The van der Waals surface area contributed by atoms with E-state index in [2.05, 4.69) is 10.6 Å². The lowest BCUT2D eigenvalue weighted by Crippen LogP contribution is -2.31. The van der Waals surface area contributed by atoms with Crippen molar-refractivity contribution in [3.63, 3.8) is 0 Å². The number of rotatable bonds is 4. The average Bonchev–Trinajstić information content (AvgIpc) is 2.80. The molecule has 6 nitrogen and oxygen atoms in total. The molecule has 0 bridgehead atoms. The zero-order chi connectivity index (χ0) is 16.3. The molecule has 0 fully saturated rings. The third kappa shape index (κ3) is 3.72. The molecule has 0 saturated heterocycles. The molecule has 1 aromatic carbocycles. The summed E-state index contributed by atoms with van der Waals surface area (Å²) in [6, 6.07) is 7.20. The number of amides is 3. The van der Waals surface area contributed by atoms with Gasteiger partial charge in [-0.15, -0.1) is 0 Å². The Morgan fingerprint density at radius 1 is 1.23 bits per heavy atom. The normalized spacial score (nSPS) is 14.1. The Hall–Kier alpha value is -2.63. The molecule has 2 rings (SSSR count). The highest BCUT2D eigenvalue weighted by Gasteiger charge is 2.24. The number of anilines is 2. The van der Waals surface area contributed by atoms with Crippen molar-refractivity contribution in [2.75, 3.05) is 17.2 Å². The number of benzene rings is 1. The maximum Gasteiger partial charge on any atom is 0.255 e. The van der Waals surface area contributed by atoms with Crippen LogP contribution in [0.5, 0.6) is 0 Å². The van der Waals surface area contributed by atoms with Gasteiger partial charge in [-0.2, -0.15) is 0 Å². The number of carbonyl (C=O) groups excluding carboxylic acids is 3. The summed E-state index contributed by atoms with van der Waals surface area (Å²) in [6.07, 6.45) is 1.40. The summed E-state index contributed by atoms with van der Waals surface area (Å²) in [5.74, 6) is -0.763. The lowest BCUT2D eigenvalue weighted by molar-refractivity contribution is -0.138. The van der Waals surface area contributed by atoms with E-state index in [9.17, 15) is 14.4 Å². The minimum absolute atomic E-state index is 0.0600. The predicted molar refractivity (Wildman–Crippen MR) is 84.0 cm³/mol. The zero-order valence-corrected chi connectivity index (χ0v) is 12.8. The molecule has 116 valence electrons. The smallest absolute Gasteiger partial charge is 0.255 e. The van der Waals surface area contributed by atoms with Gasteiger partial charge in [0.15, 0.2) is 0 Å². The van der Waals surface area contributed by atoms with E-state index in [-0.39, 0.29) is 30.2 Å². The van der Waals surface area contributed by atoms with E-state index in [0.29, 0.717) is 11.4 Å². The third-order valence-corrected chi connectivity index (χ3v) is 3.23. The summed E-state index contributed by atoms with van der Waals surface area (Å²) in [7, 11) is 0. The average molecular weight is 301 g/mol. The Morgan fingerprint density at radius 2 is 1.91 bits per heavy atom. The van der Waals surface area contributed by atoms with Gasteiger partial charge in [0.25, 0.3) is 5.91 Å². The Morgan fingerprint density at radius 3 is 2.50 bits per heavy atom. The van der Waals surface area contributed by atoms with Crippen molar-refractivity contribution in [3.8, 4) is 0 Å². The molecule has 0 atom stereocenters. The lowest BCUT2D eigenvalue weighted by Gasteiger charge is -2.13. The number of hydrogen-bond donors (Lipinski definition) is 2. The molecular formula is C16H19N3O3. The molecule has 22 heavy (non-hydrogen) atoms. The Labute approximate surface area is 129 Å². The van der Waals surface area contributed by atoms with E-state index in [1.807, 2.05) is 19.9 Å². The second-order valence-electron chi connectivity index (χ2n) is 5.46. The van der Waals surface area contributed by atoms with Crippen LogP contribution in [-0.2, 0) is 14.4 Å². The molecule has 1 heterocycles. The van der Waals surface area contributed by atoms with Gasteiger partial charge in [0.1, 0.15) is 0 Å². The van der Waals surface area contributed by atoms with E-state index in [4.69, 9.17) is 0 Å². The van der Waals surface area contributed by atoms with Crippen LogP contribution >= 0.6 is 0 Å². The highest BCUT2D eigenvalue weighted by molar-refractivity contribution is 6.03. The summed E-state index contributed by atoms with van der Waals surface area (Å²) < 4.78 is 0. The van der Waals surface area contributed by atoms with Crippen molar-refractivity contribution in [2.24, 2.45) is 5.92 Å². The molecule has 0 aromatic heterocycles. The van der Waals surface area contributed by atoms with Crippen molar-refractivity contribution in [1.82, 2.24) is 4.90 Å². The van der Waals surface area contributed by atoms with Crippen molar-refractivity contribution in [2.45, 2.75) is 20.8 Å². The topological polar surface area (TPSA) is 78.5 Å². The van der Waals surface area contributed by atoms with Gasteiger partial charge in [-0.3, -0.25) is 19.3 Å². The summed E-state index contributed by atoms with van der Waals surface area (Å²) in [6.45, 7) is 5.24. The van der Waals surface area contributed by atoms with Crippen LogP contribution in [-0.4, -0.2) is 29.2 Å². The van der Waals surface area contributed by atoms with Crippen molar-refractivity contribution in [3.05, 3.63) is 36.0 Å². The highest BCUT2D eigenvalue weighted by Crippen LogP contribution is 2.20. The van der Waals surface area contributed by atoms with Crippen molar-refractivity contribution >= 4 is 29.1 Å². The largest absolute Gasteiger partial charge is 0.357 e. The van der Waals surface area contributed by atoms with Crippen LogP contribution in [0.25, 0.3) is 0 Å². The van der Waals surface area contributed by atoms with Crippen LogP contribution in [0.3, 0.4) is 0 Å². The standard InChI is InChI=1S/C16H19N3O3/c1-10(2)16(22)18-13-6-4-5-12(7-13)17-14-8-15(21)19(9-14)11(3)20/h4-8,10,17H,9H2,1-3H3,(H,18,22). The minimum atomic E-state index is -0.320. The van der Waals surface area contributed by atoms with Crippen LogP contribution < -0.4 is 10.6 Å². The summed E-state index contributed by atoms with van der Waals surface area (Å²) in [5.41, 5.74) is 2.07. The van der Waals surface area contributed by atoms with Crippen molar-refractivity contribution in [1.29, 1.82) is 0 Å². The first-order valence-corrected chi connectivity index (χ1v) is 7.07. The van der Waals surface area contributed by atoms with E-state index in [1.165, 1.54) is 13.0 Å². The van der Waals surface area contributed by atoms with Gasteiger partial charge in [-0.1, -0.05) is 19.9 Å². The van der Waals surface area contributed by atoms with E-state index < -0.39 is 0 Å². The summed E-state index contributed by atoms with van der Waals surface area (Å²) in [5, 5.41) is 5.91. The van der Waals surface area contributed by atoms with Gasteiger partial charge < -0.3 is 10.6 Å². The number of nitrogens with zero attached hydrogens (tertiary/aromatic N) is 1. The monoisotopic (exact) mass is 301 g/mol. The lowest BCUT2D eigenvalue weighted by atomic mass is 10.2. The molecule has 6 heteroatoms. The van der Waals surface area contributed by atoms with Gasteiger partial charge in [0.05, 0.1) is 6.54 Å². The van der Waals surface area contributed by atoms with E-state index in [1.54, 1.807) is 18.2 Å². The molecular weight excluding hydrogens is 282 g/mol. The summed E-state index contributed by atoms with van der Waals surface area (Å²) in [4.78, 5) is 35.8. The van der Waals surface area contributed by atoms with E-state index >= 15 is 0 Å². The summed E-state index contributed by atoms with van der Waals surface area (Å²) >= 11 is 0. The van der Waals surface area contributed by atoms with Gasteiger partial charge in [-0.25, -0.2) is 0 Å². The first-order chi connectivity index (χ1) is 10.4. The quantitative estimate of drug-likeness (QED) is 0.891. The zero-order valence-electron chi connectivity index (χ0n) is 12.8. The second kappa shape index (κ2) is 6.43. The Balaban J connectivity index is 2.05. The van der Waals surface area contributed by atoms with Crippen LogP contribution in [0.15, 0.2) is 36.0 Å². The van der Waals surface area contributed by atoms with E-state index in [0.717, 1.165) is 10.6 Å². The maximum absolute atomic E-state index is 11.7. The molecule has 3 amide bonds. The van der Waals surface area contributed by atoms with Gasteiger partial charge >= 0.3 is 0 Å². The molecule has 1 aliphatic heterocycles. The number of nitrogens with one attached hydrogen (secondary N) is 2. The molecule has 1 aliphatic rings. The maximum atomic E-state index is 11.7. The molecule has 0 unspecified atom stereocenters. The second-order valence-corrected chi connectivity index (χ2v) is 5.46. The van der Waals surface area contributed by atoms with Crippen LogP contribution in [0.2, 0.25) is 0 Å². The number of imide groups is 1. The SMILES string of the molecule is CC(=O)N1CC(Nc2cccc(NC(=O)C(C)C)c2)=CC1=O. The van der Waals surface area contributed by atoms with Crippen LogP contribution in [0, 0.1) is 5.92 Å². The fraction of sp³-hybridized carbons (Fsp3) is 0.312. The predicted octanol–water partition coefficient (Wildman–Crippen LogP) is 1.97. The third-order valence-electron chi connectivity index (χ3n) is 3.23. The molecule has 1 aromatic rings. The first-order valence-electron chi connectivity index (χ1n) is 7.07. The van der Waals surface area contributed by atoms with Gasteiger partial charge in [-0.05, 0) is 18.2 Å². The fourth-order valence-corrected chi connectivity index (χ4v) is 2.01. The Kier molecular flexibility index (Phi) is 4.60. The number of carbonyl (C=O) groups is 3. The fourth-order valence-electron chi connectivity index (χ4n) is 2.01. The molecule has 2 N–H and O–H groups in total. The Bertz CT molecular complexity index is 650. The first kappa shape index (κ1) is 15.8. The molecule has 0 aliphatic carbocycles. The van der Waals surface area contributed by atoms with Gasteiger partial charge in [0, 0.05) is 36.0 Å². The minimum Gasteiger partial charge on any atom is -0.357 e. The molecule has 0 spiro atoms. The van der Waals surface area contributed by atoms with Crippen molar-refractivity contribution < 1.29 is 14.4 Å². The number of hydrogen-bond acceptors (Lipinski definition) is 4. The molecule has 0 saturated carbocycles.